The summed E-state index contributed by atoms with van der Waals surface area (Å²) < 4.78 is 46.6. The van der Waals surface area contributed by atoms with E-state index < -0.39 is 34.8 Å². The van der Waals surface area contributed by atoms with Gasteiger partial charge in [-0.2, -0.15) is 5.10 Å². The molecule has 0 aliphatic rings. The Labute approximate surface area is 138 Å². The van der Waals surface area contributed by atoms with Crippen molar-refractivity contribution >= 4 is 27.7 Å². The lowest BCUT2D eigenvalue weighted by molar-refractivity contribution is 0.0636. The number of carbonyl (C=O) groups excluding carboxylic acids is 1. The molecule has 1 aromatic heterocycles. The van der Waals surface area contributed by atoms with Crippen molar-refractivity contribution < 1.29 is 22.7 Å². The molecule has 0 aliphatic carbocycles. The molecule has 5 nitrogen and oxygen atoms in total. The Kier molecular flexibility index (Phi) is 4.69. The van der Waals surface area contributed by atoms with Crippen LogP contribution in [0.15, 0.2) is 22.9 Å². The summed E-state index contributed by atoms with van der Waals surface area (Å²) in [7, 11) is 0. The minimum Gasteiger partial charge on any atom is -0.444 e. The standard InChI is InChI=1S/C14H13BrF3N3O2/c1-14(2,3)23-13(22)20-10-6-19-21(12(10)15)11-8(17)4-7(16)5-9(11)18/h4-6H,1-3H3,(H,20,22). The molecular weight excluding hydrogens is 379 g/mol. The van der Waals surface area contributed by atoms with Crippen LogP contribution >= 0.6 is 15.9 Å². The number of aromatic nitrogens is 2. The van der Waals surface area contributed by atoms with Crippen LogP contribution in [0.3, 0.4) is 0 Å². The van der Waals surface area contributed by atoms with Crippen LogP contribution in [0.25, 0.3) is 5.69 Å². The van der Waals surface area contributed by atoms with Crippen LogP contribution in [0.5, 0.6) is 0 Å². The van der Waals surface area contributed by atoms with E-state index in [-0.39, 0.29) is 10.3 Å². The van der Waals surface area contributed by atoms with Crippen molar-refractivity contribution in [2.45, 2.75) is 26.4 Å². The van der Waals surface area contributed by atoms with Crippen LogP contribution in [-0.4, -0.2) is 21.5 Å². The molecule has 0 atom stereocenters. The van der Waals surface area contributed by atoms with E-state index in [1.54, 1.807) is 20.8 Å². The van der Waals surface area contributed by atoms with Gasteiger partial charge in [-0.1, -0.05) is 0 Å². The maximum atomic E-state index is 13.8. The number of halogens is 4. The fraction of sp³-hybridized carbons (Fsp3) is 0.286. The van der Waals surface area contributed by atoms with E-state index in [1.807, 2.05) is 0 Å². The van der Waals surface area contributed by atoms with Gasteiger partial charge in [0.2, 0.25) is 0 Å². The first-order valence-corrected chi connectivity index (χ1v) is 7.26. The van der Waals surface area contributed by atoms with Gasteiger partial charge in [-0.3, -0.25) is 5.32 Å². The van der Waals surface area contributed by atoms with Gasteiger partial charge in [0.15, 0.2) is 11.6 Å². The molecule has 1 heterocycles. The van der Waals surface area contributed by atoms with Crippen molar-refractivity contribution in [1.29, 1.82) is 0 Å². The Balaban J connectivity index is 2.32. The number of anilines is 1. The van der Waals surface area contributed by atoms with Gasteiger partial charge in [-0.25, -0.2) is 22.6 Å². The largest absolute Gasteiger partial charge is 0.444 e. The Morgan fingerprint density at radius 2 is 1.83 bits per heavy atom. The summed E-state index contributed by atoms with van der Waals surface area (Å²) in [6.45, 7) is 5.07. The van der Waals surface area contributed by atoms with Crippen LogP contribution in [-0.2, 0) is 4.74 Å². The minimum absolute atomic E-state index is 0.0766. The first-order valence-electron chi connectivity index (χ1n) is 6.47. The van der Waals surface area contributed by atoms with Gasteiger partial charge in [-0.15, -0.1) is 0 Å². The lowest BCUT2D eigenvalue weighted by Crippen LogP contribution is -2.27. The van der Waals surface area contributed by atoms with Crippen LogP contribution in [0.1, 0.15) is 20.8 Å². The Bertz CT molecular complexity index is 733. The molecule has 124 valence electrons. The normalized spacial score (nSPS) is 11.4. The highest BCUT2D eigenvalue weighted by molar-refractivity contribution is 9.10. The zero-order valence-electron chi connectivity index (χ0n) is 12.5. The highest BCUT2D eigenvalue weighted by Crippen LogP contribution is 2.28. The molecule has 1 aromatic carbocycles. The van der Waals surface area contributed by atoms with Crippen molar-refractivity contribution in [2.24, 2.45) is 0 Å². The molecule has 9 heteroatoms. The lowest BCUT2D eigenvalue weighted by Gasteiger charge is -2.19. The Hall–Kier alpha value is -2.03. The summed E-state index contributed by atoms with van der Waals surface area (Å²) in [4.78, 5) is 11.7. The summed E-state index contributed by atoms with van der Waals surface area (Å²) in [6, 6.07) is 1.07. The number of rotatable bonds is 2. The number of nitrogens with one attached hydrogen (secondary N) is 1. The highest BCUT2D eigenvalue weighted by Gasteiger charge is 2.21. The third-order valence-corrected chi connectivity index (χ3v) is 3.30. The second kappa shape index (κ2) is 6.23. The predicted molar refractivity (Wildman–Crippen MR) is 81.0 cm³/mol. The van der Waals surface area contributed by atoms with Gasteiger partial charge in [0, 0.05) is 12.1 Å². The fourth-order valence-electron chi connectivity index (χ4n) is 1.72. The van der Waals surface area contributed by atoms with Crippen molar-refractivity contribution in [2.75, 3.05) is 5.32 Å². The maximum Gasteiger partial charge on any atom is 0.412 e. The van der Waals surface area contributed by atoms with Gasteiger partial charge in [0.1, 0.15) is 21.7 Å². The van der Waals surface area contributed by atoms with Crippen LogP contribution in [0.2, 0.25) is 0 Å². The molecular formula is C14H13BrF3N3O2. The first-order chi connectivity index (χ1) is 10.6. The average molecular weight is 392 g/mol. The maximum absolute atomic E-state index is 13.8. The number of hydrogen-bond donors (Lipinski definition) is 1. The molecule has 2 aromatic rings. The molecule has 23 heavy (non-hydrogen) atoms. The third-order valence-electron chi connectivity index (χ3n) is 2.54. The molecule has 2 rings (SSSR count). The molecule has 1 N–H and O–H groups in total. The van der Waals surface area contributed by atoms with Crippen LogP contribution < -0.4 is 5.32 Å². The number of hydrogen-bond acceptors (Lipinski definition) is 3. The number of ether oxygens (including phenoxy) is 1. The summed E-state index contributed by atoms with van der Waals surface area (Å²) in [6.07, 6.45) is 0.425. The topological polar surface area (TPSA) is 56.1 Å². The molecule has 0 bridgehead atoms. The smallest absolute Gasteiger partial charge is 0.412 e. The molecule has 0 fully saturated rings. The molecule has 0 radical (unpaired) electrons. The molecule has 0 saturated carbocycles. The van der Waals surface area contributed by atoms with E-state index >= 15 is 0 Å². The summed E-state index contributed by atoms with van der Waals surface area (Å²) in [5.74, 6) is -3.30. The summed E-state index contributed by atoms with van der Waals surface area (Å²) >= 11 is 3.09. The van der Waals surface area contributed by atoms with E-state index in [0.717, 1.165) is 4.68 Å². The average Bonchev–Trinajstić information content (AvgIpc) is 2.68. The second-order valence-corrected chi connectivity index (χ2v) is 6.36. The SMILES string of the molecule is CC(C)(C)OC(=O)Nc1cnn(-c2c(F)cc(F)cc2F)c1Br. The highest BCUT2D eigenvalue weighted by atomic mass is 79.9. The number of amides is 1. The molecule has 0 unspecified atom stereocenters. The van der Waals surface area contributed by atoms with Gasteiger partial charge in [0.05, 0.1) is 11.9 Å². The molecule has 1 amide bonds. The zero-order valence-corrected chi connectivity index (χ0v) is 14.0. The van der Waals surface area contributed by atoms with Crippen molar-refractivity contribution in [1.82, 2.24) is 9.78 Å². The Morgan fingerprint density at radius 1 is 1.26 bits per heavy atom. The monoisotopic (exact) mass is 391 g/mol. The quantitative estimate of drug-likeness (QED) is 0.825. The molecule has 0 aliphatic heterocycles. The van der Waals surface area contributed by atoms with Crippen molar-refractivity contribution in [3.05, 3.63) is 40.4 Å². The van der Waals surface area contributed by atoms with Gasteiger partial charge in [-0.05, 0) is 36.7 Å². The van der Waals surface area contributed by atoms with E-state index in [4.69, 9.17) is 4.74 Å². The first kappa shape index (κ1) is 17.3. The number of benzene rings is 1. The molecule has 0 spiro atoms. The Morgan fingerprint density at radius 3 is 2.35 bits per heavy atom. The van der Waals surface area contributed by atoms with Crippen LogP contribution in [0, 0.1) is 17.5 Å². The van der Waals surface area contributed by atoms with Crippen molar-refractivity contribution in [3.8, 4) is 5.69 Å². The number of nitrogens with zero attached hydrogens (tertiary/aromatic N) is 2. The zero-order chi connectivity index (χ0) is 17.4. The van der Waals surface area contributed by atoms with E-state index in [2.05, 4.69) is 26.3 Å². The lowest BCUT2D eigenvalue weighted by atomic mass is 10.2. The van der Waals surface area contributed by atoms with Crippen LogP contribution in [0.4, 0.5) is 23.7 Å². The van der Waals surface area contributed by atoms with E-state index in [0.29, 0.717) is 12.1 Å². The van der Waals surface area contributed by atoms with Gasteiger partial charge < -0.3 is 4.74 Å². The van der Waals surface area contributed by atoms with Crippen molar-refractivity contribution in [3.63, 3.8) is 0 Å². The molecule has 0 saturated heterocycles. The number of carbonyl (C=O) groups is 1. The van der Waals surface area contributed by atoms with E-state index in [1.165, 1.54) is 6.20 Å². The second-order valence-electron chi connectivity index (χ2n) is 5.61. The fourth-order valence-corrected chi connectivity index (χ4v) is 2.19. The van der Waals surface area contributed by atoms with Gasteiger partial charge in [0.25, 0.3) is 0 Å². The minimum atomic E-state index is -1.13. The van der Waals surface area contributed by atoms with E-state index in [9.17, 15) is 18.0 Å². The van der Waals surface area contributed by atoms with Gasteiger partial charge >= 0.3 is 6.09 Å². The predicted octanol–water partition coefficient (Wildman–Crippen LogP) is 4.40. The third kappa shape index (κ3) is 4.04. The summed E-state index contributed by atoms with van der Waals surface area (Å²) in [5, 5.41) is 6.18. The summed E-state index contributed by atoms with van der Waals surface area (Å²) in [5.41, 5.74) is -1.14.